The lowest BCUT2D eigenvalue weighted by atomic mass is 10.2. The van der Waals surface area contributed by atoms with Gasteiger partial charge in [-0.25, -0.2) is 4.98 Å². The smallest absolute Gasteiger partial charge is 0.250 e. The van der Waals surface area contributed by atoms with Crippen LogP contribution >= 0.6 is 11.3 Å². The van der Waals surface area contributed by atoms with Gasteiger partial charge in [-0.3, -0.25) is 14.9 Å². The maximum atomic E-state index is 12.0. The minimum absolute atomic E-state index is 0.134. The molecule has 0 aliphatic heterocycles. The van der Waals surface area contributed by atoms with Gasteiger partial charge in [0.05, 0.1) is 13.7 Å². The summed E-state index contributed by atoms with van der Waals surface area (Å²) in [6.45, 7) is 4.08. The van der Waals surface area contributed by atoms with Crippen molar-refractivity contribution in [3.63, 3.8) is 0 Å². The van der Waals surface area contributed by atoms with E-state index in [-0.39, 0.29) is 11.7 Å². The molecule has 25 heavy (non-hydrogen) atoms. The minimum atomic E-state index is -0.324. The Morgan fingerprint density at radius 1 is 1.32 bits per heavy atom. The Balaban J connectivity index is 2.02. The number of hydrogen-bond donors (Lipinski definition) is 1. The largest absolute Gasteiger partial charge is 0.493 e. The number of hydrogen-bond acceptors (Lipinski definition) is 6. The molecule has 0 aliphatic rings. The Bertz CT molecular complexity index is 783. The zero-order valence-electron chi connectivity index (χ0n) is 14.4. The van der Waals surface area contributed by atoms with Crippen molar-refractivity contribution in [2.45, 2.75) is 20.3 Å². The van der Waals surface area contributed by atoms with Gasteiger partial charge in [0.15, 0.2) is 22.4 Å². The summed E-state index contributed by atoms with van der Waals surface area (Å²) in [7, 11) is 1.57. The fourth-order valence-corrected chi connectivity index (χ4v) is 2.68. The van der Waals surface area contributed by atoms with Crippen LogP contribution in [0.5, 0.6) is 11.5 Å². The number of amides is 1. The van der Waals surface area contributed by atoms with E-state index in [9.17, 15) is 9.59 Å². The number of carbonyl (C=O) groups is 2. The number of benzene rings is 1. The number of methoxy groups -OCH3 is 1. The maximum absolute atomic E-state index is 12.0. The second kappa shape index (κ2) is 8.98. The van der Waals surface area contributed by atoms with Crippen molar-refractivity contribution in [2.24, 2.45) is 0 Å². The first-order valence-corrected chi connectivity index (χ1v) is 8.67. The molecule has 0 saturated heterocycles. The zero-order valence-corrected chi connectivity index (χ0v) is 15.2. The molecule has 0 aliphatic carbocycles. The van der Waals surface area contributed by atoms with Crippen LogP contribution in [0.4, 0.5) is 5.13 Å². The molecular weight excluding hydrogens is 340 g/mol. The molecule has 6 nitrogen and oxygen atoms in total. The molecule has 0 spiro atoms. The van der Waals surface area contributed by atoms with Crippen LogP contribution < -0.4 is 14.8 Å². The Hall–Kier alpha value is -2.67. The number of aromatic nitrogens is 1. The third kappa shape index (κ3) is 5.42. The van der Waals surface area contributed by atoms with E-state index in [4.69, 9.17) is 9.47 Å². The Labute approximate surface area is 150 Å². The number of nitrogens with zero attached hydrogens (tertiary/aromatic N) is 1. The first-order valence-electron chi connectivity index (χ1n) is 7.79. The Morgan fingerprint density at radius 2 is 2.12 bits per heavy atom. The number of Topliss-reactive ketones (excluding diaryl/α,β-unsaturated/α-hetero) is 1. The summed E-state index contributed by atoms with van der Waals surface area (Å²) in [6, 6.07) is 5.45. The fourth-order valence-electron chi connectivity index (χ4n) is 1.93. The van der Waals surface area contributed by atoms with Crippen LogP contribution in [0.15, 0.2) is 29.7 Å². The standard InChI is InChI=1S/C18H20N2O4S/c1-4-9-24-15-7-5-13(10-16(15)23-3)6-8-17(22)20-18-19-14(11-25-18)12(2)21/h5-8,10-11H,4,9H2,1-3H3,(H,19,20,22)/b8-6+. The number of carbonyl (C=O) groups excluding carboxylic acids is 2. The van der Waals surface area contributed by atoms with Gasteiger partial charge in [-0.2, -0.15) is 0 Å². The summed E-state index contributed by atoms with van der Waals surface area (Å²) in [4.78, 5) is 27.2. The highest BCUT2D eigenvalue weighted by atomic mass is 32.1. The van der Waals surface area contributed by atoms with E-state index in [0.29, 0.717) is 28.9 Å². The van der Waals surface area contributed by atoms with Crippen LogP contribution in [0.3, 0.4) is 0 Å². The van der Waals surface area contributed by atoms with Crippen molar-refractivity contribution in [2.75, 3.05) is 19.0 Å². The van der Waals surface area contributed by atoms with E-state index in [2.05, 4.69) is 10.3 Å². The van der Waals surface area contributed by atoms with E-state index in [1.807, 2.05) is 19.1 Å². The monoisotopic (exact) mass is 360 g/mol. The van der Waals surface area contributed by atoms with E-state index in [1.165, 1.54) is 24.3 Å². The van der Waals surface area contributed by atoms with Gasteiger partial charge in [0.1, 0.15) is 5.69 Å². The number of rotatable bonds is 8. The van der Waals surface area contributed by atoms with Gasteiger partial charge in [0.2, 0.25) is 5.91 Å². The third-order valence-corrected chi connectivity index (χ3v) is 3.93. The molecular formula is C18H20N2O4S. The highest BCUT2D eigenvalue weighted by Gasteiger charge is 2.08. The van der Waals surface area contributed by atoms with Crippen molar-refractivity contribution >= 4 is 34.2 Å². The second-order valence-electron chi connectivity index (χ2n) is 5.18. The normalized spacial score (nSPS) is 10.7. The van der Waals surface area contributed by atoms with Crippen molar-refractivity contribution in [1.29, 1.82) is 0 Å². The second-order valence-corrected chi connectivity index (χ2v) is 6.03. The summed E-state index contributed by atoms with van der Waals surface area (Å²) < 4.78 is 10.9. The molecule has 1 N–H and O–H groups in total. The average Bonchev–Trinajstić information content (AvgIpc) is 3.07. The van der Waals surface area contributed by atoms with Gasteiger partial charge >= 0.3 is 0 Å². The average molecular weight is 360 g/mol. The van der Waals surface area contributed by atoms with Crippen molar-refractivity contribution in [3.8, 4) is 11.5 Å². The van der Waals surface area contributed by atoms with E-state index in [0.717, 1.165) is 12.0 Å². The van der Waals surface area contributed by atoms with Crippen molar-refractivity contribution in [3.05, 3.63) is 40.9 Å². The summed E-state index contributed by atoms with van der Waals surface area (Å²) in [5, 5.41) is 4.63. The highest BCUT2D eigenvalue weighted by molar-refractivity contribution is 7.14. The molecule has 132 valence electrons. The summed E-state index contributed by atoms with van der Waals surface area (Å²) in [5.41, 5.74) is 1.15. The summed E-state index contributed by atoms with van der Waals surface area (Å²) in [6.07, 6.45) is 3.98. The summed E-state index contributed by atoms with van der Waals surface area (Å²) in [5.74, 6) is 0.826. The Morgan fingerprint density at radius 3 is 2.76 bits per heavy atom. The van der Waals surface area contributed by atoms with Gasteiger partial charge in [0, 0.05) is 18.4 Å². The predicted octanol–water partition coefficient (Wildman–Crippen LogP) is 3.80. The van der Waals surface area contributed by atoms with Crippen LogP contribution in [0.2, 0.25) is 0 Å². The first-order chi connectivity index (χ1) is 12.0. The number of thiazole rings is 1. The van der Waals surface area contributed by atoms with Crippen molar-refractivity contribution < 1.29 is 19.1 Å². The molecule has 0 bridgehead atoms. The van der Waals surface area contributed by atoms with Crippen LogP contribution in [0.25, 0.3) is 6.08 Å². The molecule has 1 aromatic carbocycles. The molecule has 0 atom stereocenters. The number of nitrogens with one attached hydrogen (secondary N) is 1. The summed E-state index contributed by atoms with van der Waals surface area (Å²) >= 11 is 1.21. The lowest BCUT2D eigenvalue weighted by molar-refractivity contribution is -0.111. The SMILES string of the molecule is CCCOc1ccc(/C=C/C(=O)Nc2nc(C(C)=O)cs2)cc1OC. The lowest BCUT2D eigenvalue weighted by Gasteiger charge is -2.10. The molecule has 1 amide bonds. The van der Waals surface area contributed by atoms with E-state index >= 15 is 0 Å². The van der Waals surface area contributed by atoms with Gasteiger partial charge < -0.3 is 9.47 Å². The van der Waals surface area contributed by atoms with Gasteiger partial charge in [-0.1, -0.05) is 13.0 Å². The lowest BCUT2D eigenvalue weighted by Crippen LogP contribution is -2.07. The van der Waals surface area contributed by atoms with Crippen LogP contribution in [0, 0.1) is 0 Å². The number of ketones is 1. The molecule has 0 radical (unpaired) electrons. The molecule has 7 heteroatoms. The van der Waals surface area contributed by atoms with Gasteiger partial charge in [0.25, 0.3) is 0 Å². The topological polar surface area (TPSA) is 77.5 Å². The van der Waals surface area contributed by atoms with Crippen LogP contribution in [-0.4, -0.2) is 30.4 Å². The number of ether oxygens (including phenoxy) is 2. The molecule has 2 aromatic rings. The zero-order chi connectivity index (χ0) is 18.2. The Kier molecular flexibility index (Phi) is 6.71. The highest BCUT2D eigenvalue weighted by Crippen LogP contribution is 2.28. The van der Waals surface area contributed by atoms with Crippen LogP contribution in [0.1, 0.15) is 36.3 Å². The van der Waals surface area contributed by atoms with Gasteiger partial charge in [-0.05, 0) is 30.2 Å². The molecule has 1 heterocycles. The number of anilines is 1. The predicted molar refractivity (Wildman–Crippen MR) is 98.6 cm³/mol. The van der Waals surface area contributed by atoms with Gasteiger partial charge in [-0.15, -0.1) is 11.3 Å². The maximum Gasteiger partial charge on any atom is 0.250 e. The quantitative estimate of drug-likeness (QED) is 0.572. The third-order valence-electron chi connectivity index (χ3n) is 3.17. The first kappa shape index (κ1) is 18.7. The molecule has 2 rings (SSSR count). The molecule has 0 unspecified atom stereocenters. The van der Waals surface area contributed by atoms with E-state index in [1.54, 1.807) is 24.6 Å². The van der Waals surface area contributed by atoms with Crippen LogP contribution in [-0.2, 0) is 4.79 Å². The molecule has 0 saturated carbocycles. The fraction of sp³-hybridized carbons (Fsp3) is 0.278. The minimum Gasteiger partial charge on any atom is -0.493 e. The van der Waals surface area contributed by atoms with Crippen molar-refractivity contribution in [1.82, 2.24) is 4.98 Å². The molecule has 1 aromatic heterocycles. The molecule has 0 fully saturated rings. The van der Waals surface area contributed by atoms with E-state index < -0.39 is 0 Å².